The third kappa shape index (κ3) is 4.46. The summed E-state index contributed by atoms with van der Waals surface area (Å²) in [7, 11) is 0. The first-order valence-electron chi connectivity index (χ1n) is 11.7. The second-order valence-corrected chi connectivity index (χ2v) is 8.88. The van der Waals surface area contributed by atoms with Crippen molar-refractivity contribution in [3.63, 3.8) is 0 Å². The van der Waals surface area contributed by atoms with Crippen molar-refractivity contribution < 1.29 is 14.3 Å². The molecule has 0 saturated carbocycles. The van der Waals surface area contributed by atoms with Crippen molar-refractivity contribution >= 4 is 34.0 Å². The molecule has 0 bridgehead atoms. The first-order chi connectivity index (χ1) is 16.1. The van der Waals surface area contributed by atoms with E-state index >= 15 is 0 Å². The van der Waals surface area contributed by atoms with Crippen LogP contribution in [0.25, 0.3) is 10.9 Å². The third-order valence-electron chi connectivity index (χ3n) is 6.83. The molecule has 2 atom stereocenters. The number of fused-ring (bicyclic) bond motifs is 2. The zero-order valence-electron chi connectivity index (χ0n) is 18.9. The highest BCUT2D eigenvalue weighted by Gasteiger charge is 2.37. The lowest BCUT2D eigenvalue weighted by Gasteiger charge is -2.43. The normalized spacial score (nSPS) is 19.5. The van der Waals surface area contributed by atoms with Crippen molar-refractivity contribution in [2.24, 2.45) is 0 Å². The number of Topliss-reactive ketones (excluding diaryl/α,β-unsaturated/α-hetero) is 1. The Hall–Kier alpha value is -3.32. The SMILES string of the molecule is CC(=O)OCC(=O)C(C1CCc2ccccc2N1)N1CCN(c2cccc3[nH]ccc23)CC1. The van der Waals surface area contributed by atoms with Gasteiger partial charge < -0.3 is 19.9 Å². The number of hydrogen-bond donors (Lipinski definition) is 2. The zero-order chi connectivity index (χ0) is 22.8. The number of aromatic amines is 1. The third-order valence-corrected chi connectivity index (χ3v) is 6.83. The molecule has 7 nitrogen and oxygen atoms in total. The summed E-state index contributed by atoms with van der Waals surface area (Å²) >= 11 is 0. The first kappa shape index (κ1) is 21.5. The van der Waals surface area contributed by atoms with E-state index in [-0.39, 0.29) is 24.5 Å². The summed E-state index contributed by atoms with van der Waals surface area (Å²) in [4.78, 5) is 32.6. The lowest BCUT2D eigenvalue weighted by Crippen LogP contribution is -2.59. The quantitative estimate of drug-likeness (QED) is 0.566. The van der Waals surface area contributed by atoms with Crippen LogP contribution in [0.3, 0.4) is 0 Å². The predicted molar refractivity (Wildman–Crippen MR) is 130 cm³/mol. The number of piperazine rings is 1. The van der Waals surface area contributed by atoms with Gasteiger partial charge in [0.1, 0.15) is 0 Å². The molecule has 0 spiro atoms. The van der Waals surface area contributed by atoms with Crippen LogP contribution in [0.5, 0.6) is 0 Å². The summed E-state index contributed by atoms with van der Waals surface area (Å²) in [5, 5.41) is 4.83. The highest BCUT2D eigenvalue weighted by molar-refractivity contribution is 5.92. The van der Waals surface area contributed by atoms with Crippen LogP contribution in [0.1, 0.15) is 18.9 Å². The van der Waals surface area contributed by atoms with Crippen LogP contribution >= 0.6 is 0 Å². The highest BCUT2D eigenvalue weighted by atomic mass is 16.5. The van der Waals surface area contributed by atoms with E-state index in [1.165, 1.54) is 23.6 Å². The van der Waals surface area contributed by atoms with E-state index in [0.717, 1.165) is 50.2 Å². The number of H-pyrrole nitrogens is 1. The van der Waals surface area contributed by atoms with Gasteiger partial charge in [0.25, 0.3) is 0 Å². The molecule has 5 rings (SSSR count). The molecule has 1 aromatic heterocycles. The summed E-state index contributed by atoms with van der Waals surface area (Å²) < 4.78 is 5.11. The summed E-state index contributed by atoms with van der Waals surface area (Å²) in [6.07, 6.45) is 3.78. The van der Waals surface area contributed by atoms with Crippen molar-refractivity contribution in [3.05, 3.63) is 60.3 Å². The first-order valence-corrected chi connectivity index (χ1v) is 11.7. The van der Waals surface area contributed by atoms with Gasteiger partial charge >= 0.3 is 5.97 Å². The van der Waals surface area contributed by atoms with E-state index < -0.39 is 5.97 Å². The lowest BCUT2D eigenvalue weighted by molar-refractivity contribution is -0.147. The Morgan fingerprint density at radius 2 is 1.88 bits per heavy atom. The van der Waals surface area contributed by atoms with Crippen LogP contribution in [0.15, 0.2) is 54.7 Å². The van der Waals surface area contributed by atoms with Gasteiger partial charge in [-0.25, -0.2) is 0 Å². The number of esters is 1. The lowest BCUT2D eigenvalue weighted by atomic mass is 9.90. The number of aryl methyl sites for hydroxylation is 1. The number of aromatic nitrogens is 1. The van der Waals surface area contributed by atoms with Gasteiger partial charge in [-0.05, 0) is 42.7 Å². The topological polar surface area (TPSA) is 77.7 Å². The Morgan fingerprint density at radius 3 is 2.70 bits per heavy atom. The molecular formula is C26H30N4O3. The Bertz CT molecular complexity index is 1150. The van der Waals surface area contributed by atoms with Crippen LogP contribution in [-0.4, -0.2) is 66.5 Å². The molecular weight excluding hydrogens is 416 g/mol. The Labute approximate surface area is 193 Å². The maximum Gasteiger partial charge on any atom is 0.303 e. The monoisotopic (exact) mass is 446 g/mol. The van der Waals surface area contributed by atoms with E-state index in [1.807, 2.05) is 12.3 Å². The van der Waals surface area contributed by atoms with Crippen LogP contribution < -0.4 is 10.2 Å². The van der Waals surface area contributed by atoms with E-state index in [0.29, 0.717) is 0 Å². The zero-order valence-corrected chi connectivity index (χ0v) is 18.9. The number of ketones is 1. The number of carbonyl (C=O) groups is 2. The summed E-state index contributed by atoms with van der Waals surface area (Å²) in [5.74, 6) is -0.461. The summed E-state index contributed by atoms with van der Waals surface area (Å²) in [5.41, 5.74) is 4.73. The highest BCUT2D eigenvalue weighted by Crippen LogP contribution is 2.30. The van der Waals surface area contributed by atoms with Crippen molar-refractivity contribution in [1.29, 1.82) is 0 Å². The van der Waals surface area contributed by atoms with Gasteiger partial charge in [0.2, 0.25) is 0 Å². The van der Waals surface area contributed by atoms with Gasteiger partial charge in [-0.2, -0.15) is 0 Å². The number of nitrogens with one attached hydrogen (secondary N) is 2. The number of para-hydroxylation sites is 1. The number of benzene rings is 2. The van der Waals surface area contributed by atoms with E-state index in [1.54, 1.807) is 0 Å². The minimum absolute atomic E-state index is 0.0115. The minimum Gasteiger partial charge on any atom is -0.458 e. The van der Waals surface area contributed by atoms with Crippen LogP contribution in [0.4, 0.5) is 11.4 Å². The molecule has 2 aliphatic heterocycles. The molecule has 2 unspecified atom stereocenters. The number of hydrogen-bond acceptors (Lipinski definition) is 6. The fraction of sp³-hybridized carbons (Fsp3) is 0.385. The van der Waals surface area contributed by atoms with Crippen molar-refractivity contribution in [3.8, 4) is 0 Å². The van der Waals surface area contributed by atoms with Crippen molar-refractivity contribution in [2.45, 2.75) is 31.8 Å². The fourth-order valence-corrected chi connectivity index (χ4v) is 5.23. The molecule has 2 aromatic carbocycles. The van der Waals surface area contributed by atoms with E-state index in [2.05, 4.69) is 62.6 Å². The standard InChI is InChI=1S/C26H30N4O3/c1-18(31)33-17-25(32)26(23-10-9-19-5-2-3-6-21(19)28-23)30-15-13-29(14-16-30)24-8-4-7-22-20(24)11-12-27-22/h2-8,11-12,23,26-28H,9-10,13-17H2,1H3. The molecule has 3 aromatic rings. The maximum absolute atomic E-state index is 13.3. The van der Waals surface area contributed by atoms with Gasteiger partial charge in [0, 0.05) is 67.6 Å². The van der Waals surface area contributed by atoms with E-state index in [9.17, 15) is 9.59 Å². The average molecular weight is 447 g/mol. The molecule has 2 N–H and O–H groups in total. The van der Waals surface area contributed by atoms with Gasteiger partial charge in [0.05, 0.1) is 6.04 Å². The number of rotatable bonds is 6. The second kappa shape index (κ2) is 9.27. The van der Waals surface area contributed by atoms with Crippen LogP contribution in [0.2, 0.25) is 0 Å². The fourth-order valence-electron chi connectivity index (χ4n) is 5.23. The number of anilines is 2. The molecule has 0 amide bonds. The molecule has 1 saturated heterocycles. The number of ether oxygens (including phenoxy) is 1. The smallest absolute Gasteiger partial charge is 0.303 e. The summed E-state index contributed by atoms with van der Waals surface area (Å²) in [6, 6.07) is 16.4. The van der Waals surface area contributed by atoms with Crippen molar-refractivity contribution in [1.82, 2.24) is 9.88 Å². The van der Waals surface area contributed by atoms with Crippen LogP contribution in [0, 0.1) is 0 Å². The van der Waals surface area contributed by atoms with Gasteiger partial charge in [0.15, 0.2) is 12.4 Å². The molecule has 0 aliphatic carbocycles. The Morgan fingerprint density at radius 1 is 1.06 bits per heavy atom. The molecule has 7 heteroatoms. The van der Waals surface area contributed by atoms with E-state index in [4.69, 9.17) is 4.74 Å². The number of carbonyl (C=O) groups excluding carboxylic acids is 2. The molecule has 1 fully saturated rings. The minimum atomic E-state index is -0.423. The summed E-state index contributed by atoms with van der Waals surface area (Å²) in [6.45, 7) is 4.39. The average Bonchev–Trinajstić information content (AvgIpc) is 3.32. The maximum atomic E-state index is 13.3. The predicted octanol–water partition coefficient (Wildman–Crippen LogP) is 3.22. The molecule has 33 heavy (non-hydrogen) atoms. The molecule has 0 radical (unpaired) electrons. The Balaban J connectivity index is 1.33. The largest absolute Gasteiger partial charge is 0.458 e. The Kier molecular flexibility index (Phi) is 6.05. The van der Waals surface area contributed by atoms with Gasteiger partial charge in [-0.1, -0.05) is 24.3 Å². The van der Waals surface area contributed by atoms with Crippen LogP contribution in [-0.2, 0) is 20.7 Å². The number of nitrogens with zero attached hydrogens (tertiary/aromatic N) is 2. The molecule has 3 heterocycles. The van der Waals surface area contributed by atoms with Gasteiger partial charge in [-0.3, -0.25) is 14.5 Å². The molecule has 2 aliphatic rings. The second-order valence-electron chi connectivity index (χ2n) is 8.88. The van der Waals surface area contributed by atoms with Crippen molar-refractivity contribution in [2.75, 3.05) is 43.0 Å². The van der Waals surface area contributed by atoms with Gasteiger partial charge in [-0.15, -0.1) is 0 Å². The molecule has 172 valence electrons.